The molecule has 0 atom stereocenters. The number of halogens is 2. The quantitative estimate of drug-likeness (QED) is 0.571. The zero-order valence-electron chi connectivity index (χ0n) is 8.80. The number of hydrogen-bond acceptors (Lipinski definition) is 2. The Morgan fingerprint density at radius 3 is 2.53 bits per heavy atom. The SMILES string of the molecule is COC(=O)c1cc(C(C)C)cc(Br)c1I. The third-order valence-electron chi connectivity index (χ3n) is 2.12. The summed E-state index contributed by atoms with van der Waals surface area (Å²) in [6, 6.07) is 3.93. The van der Waals surface area contributed by atoms with E-state index in [1.165, 1.54) is 7.11 Å². The number of esters is 1. The first-order valence-corrected chi connectivity index (χ1v) is 6.41. The number of rotatable bonds is 2. The molecule has 0 bridgehead atoms. The van der Waals surface area contributed by atoms with Crippen molar-refractivity contribution in [2.45, 2.75) is 19.8 Å². The maximum absolute atomic E-state index is 11.5. The molecule has 15 heavy (non-hydrogen) atoms. The highest BCUT2D eigenvalue weighted by Gasteiger charge is 2.15. The predicted octanol–water partition coefficient (Wildman–Crippen LogP) is 3.96. The van der Waals surface area contributed by atoms with E-state index in [0.717, 1.165) is 13.6 Å². The van der Waals surface area contributed by atoms with Gasteiger partial charge in [0.25, 0.3) is 0 Å². The Kier molecular flexibility index (Phi) is 4.58. The minimum atomic E-state index is -0.289. The van der Waals surface area contributed by atoms with Gasteiger partial charge in [0.15, 0.2) is 0 Å². The average molecular weight is 383 g/mol. The van der Waals surface area contributed by atoms with Crippen LogP contribution in [0.15, 0.2) is 16.6 Å². The molecule has 0 aliphatic carbocycles. The minimum absolute atomic E-state index is 0.289. The fourth-order valence-electron chi connectivity index (χ4n) is 1.20. The number of carbonyl (C=O) groups excluding carboxylic acids is 1. The van der Waals surface area contributed by atoms with Gasteiger partial charge in [-0.15, -0.1) is 0 Å². The van der Waals surface area contributed by atoms with E-state index in [1.54, 1.807) is 0 Å². The van der Waals surface area contributed by atoms with Crippen LogP contribution in [-0.2, 0) is 4.74 Å². The third-order valence-corrected chi connectivity index (χ3v) is 4.65. The van der Waals surface area contributed by atoms with Gasteiger partial charge in [-0.25, -0.2) is 4.79 Å². The maximum atomic E-state index is 11.5. The van der Waals surface area contributed by atoms with E-state index >= 15 is 0 Å². The second-order valence-electron chi connectivity index (χ2n) is 3.51. The smallest absolute Gasteiger partial charge is 0.338 e. The number of benzene rings is 1. The topological polar surface area (TPSA) is 26.3 Å². The summed E-state index contributed by atoms with van der Waals surface area (Å²) >= 11 is 5.58. The van der Waals surface area contributed by atoms with Gasteiger partial charge >= 0.3 is 5.97 Å². The van der Waals surface area contributed by atoms with Crippen LogP contribution in [-0.4, -0.2) is 13.1 Å². The summed E-state index contributed by atoms with van der Waals surface area (Å²) in [7, 11) is 1.40. The summed E-state index contributed by atoms with van der Waals surface area (Å²) < 4.78 is 6.57. The Hall–Kier alpha value is -0.100. The lowest BCUT2D eigenvalue weighted by atomic mass is 10.0. The number of carbonyl (C=O) groups is 1. The van der Waals surface area contributed by atoms with Crippen molar-refractivity contribution in [2.24, 2.45) is 0 Å². The highest BCUT2D eigenvalue weighted by molar-refractivity contribution is 14.1. The molecule has 0 saturated carbocycles. The van der Waals surface area contributed by atoms with E-state index in [1.807, 2.05) is 12.1 Å². The Bertz CT molecular complexity index is 388. The Morgan fingerprint density at radius 2 is 2.07 bits per heavy atom. The van der Waals surface area contributed by atoms with Gasteiger partial charge in [0.1, 0.15) is 0 Å². The molecule has 1 aromatic rings. The highest BCUT2D eigenvalue weighted by Crippen LogP contribution is 2.28. The van der Waals surface area contributed by atoms with Gasteiger partial charge in [0, 0.05) is 8.04 Å². The van der Waals surface area contributed by atoms with Gasteiger partial charge in [-0.1, -0.05) is 13.8 Å². The standard InChI is InChI=1S/C11H12BrIO2/c1-6(2)7-4-8(11(14)15-3)10(13)9(12)5-7/h4-6H,1-3H3. The summed E-state index contributed by atoms with van der Waals surface area (Å²) in [6.07, 6.45) is 0. The molecule has 1 rings (SSSR count). The van der Waals surface area contributed by atoms with Crippen LogP contribution >= 0.6 is 38.5 Å². The van der Waals surface area contributed by atoms with E-state index in [9.17, 15) is 4.79 Å². The van der Waals surface area contributed by atoms with Crippen molar-refractivity contribution in [3.05, 3.63) is 31.3 Å². The second kappa shape index (κ2) is 5.30. The van der Waals surface area contributed by atoms with Gasteiger partial charge in [0.2, 0.25) is 0 Å². The van der Waals surface area contributed by atoms with Crippen LogP contribution in [0.4, 0.5) is 0 Å². The van der Waals surface area contributed by atoms with Crippen molar-refractivity contribution in [3.8, 4) is 0 Å². The van der Waals surface area contributed by atoms with Gasteiger partial charge in [-0.2, -0.15) is 0 Å². The fraction of sp³-hybridized carbons (Fsp3) is 0.364. The molecule has 0 saturated heterocycles. The van der Waals surface area contributed by atoms with Crippen LogP contribution in [0.3, 0.4) is 0 Å². The highest BCUT2D eigenvalue weighted by atomic mass is 127. The summed E-state index contributed by atoms with van der Waals surface area (Å²) in [4.78, 5) is 11.5. The molecule has 4 heteroatoms. The summed E-state index contributed by atoms with van der Waals surface area (Å²) in [5, 5.41) is 0. The number of hydrogen-bond donors (Lipinski definition) is 0. The molecule has 0 radical (unpaired) electrons. The Labute approximate surface area is 112 Å². The lowest BCUT2D eigenvalue weighted by molar-refractivity contribution is 0.0599. The lowest BCUT2D eigenvalue weighted by Gasteiger charge is -2.11. The lowest BCUT2D eigenvalue weighted by Crippen LogP contribution is -2.06. The number of methoxy groups -OCH3 is 1. The molecule has 1 aromatic carbocycles. The van der Waals surface area contributed by atoms with Gasteiger partial charge in [-0.05, 0) is 62.1 Å². The largest absolute Gasteiger partial charge is 0.465 e. The van der Waals surface area contributed by atoms with E-state index in [-0.39, 0.29) is 5.97 Å². The molecule has 0 N–H and O–H groups in total. The zero-order chi connectivity index (χ0) is 11.6. The molecule has 0 aromatic heterocycles. The molecule has 0 aliphatic rings. The summed E-state index contributed by atoms with van der Waals surface area (Å²) in [5.74, 6) is 0.101. The molecule has 0 fully saturated rings. The molecule has 0 amide bonds. The molecule has 2 nitrogen and oxygen atoms in total. The van der Waals surface area contributed by atoms with Crippen molar-refractivity contribution in [3.63, 3.8) is 0 Å². The Morgan fingerprint density at radius 1 is 1.47 bits per heavy atom. The minimum Gasteiger partial charge on any atom is -0.465 e. The van der Waals surface area contributed by atoms with Crippen molar-refractivity contribution < 1.29 is 9.53 Å². The van der Waals surface area contributed by atoms with E-state index in [4.69, 9.17) is 4.74 Å². The summed E-state index contributed by atoms with van der Waals surface area (Å²) in [5.41, 5.74) is 1.75. The van der Waals surface area contributed by atoms with E-state index < -0.39 is 0 Å². The zero-order valence-corrected chi connectivity index (χ0v) is 12.5. The molecular formula is C11H12BrIO2. The monoisotopic (exact) mass is 382 g/mol. The Balaban J connectivity index is 3.31. The first-order chi connectivity index (χ1) is 6.97. The van der Waals surface area contributed by atoms with Crippen molar-refractivity contribution in [1.29, 1.82) is 0 Å². The normalized spacial score (nSPS) is 10.5. The van der Waals surface area contributed by atoms with E-state index in [2.05, 4.69) is 52.4 Å². The second-order valence-corrected chi connectivity index (χ2v) is 5.44. The van der Waals surface area contributed by atoms with Gasteiger partial charge in [-0.3, -0.25) is 0 Å². The van der Waals surface area contributed by atoms with Crippen LogP contribution in [0.1, 0.15) is 35.7 Å². The molecule has 0 heterocycles. The maximum Gasteiger partial charge on any atom is 0.338 e. The van der Waals surface area contributed by atoms with Crippen LogP contribution in [0, 0.1) is 3.57 Å². The van der Waals surface area contributed by atoms with Gasteiger partial charge in [0.05, 0.1) is 12.7 Å². The number of ether oxygens (including phenoxy) is 1. The van der Waals surface area contributed by atoms with Crippen molar-refractivity contribution >= 4 is 44.5 Å². The van der Waals surface area contributed by atoms with Crippen molar-refractivity contribution in [2.75, 3.05) is 7.11 Å². The molecule has 82 valence electrons. The van der Waals surface area contributed by atoms with Crippen molar-refractivity contribution in [1.82, 2.24) is 0 Å². The first-order valence-electron chi connectivity index (χ1n) is 4.54. The molecular weight excluding hydrogens is 371 g/mol. The third kappa shape index (κ3) is 2.93. The van der Waals surface area contributed by atoms with Crippen LogP contribution in [0.5, 0.6) is 0 Å². The van der Waals surface area contributed by atoms with Gasteiger partial charge < -0.3 is 4.74 Å². The molecule has 0 spiro atoms. The van der Waals surface area contributed by atoms with Crippen LogP contribution in [0.2, 0.25) is 0 Å². The first kappa shape index (κ1) is 13.0. The van der Waals surface area contributed by atoms with Crippen LogP contribution in [0.25, 0.3) is 0 Å². The molecule has 0 aliphatic heterocycles. The van der Waals surface area contributed by atoms with Crippen LogP contribution < -0.4 is 0 Å². The summed E-state index contributed by atoms with van der Waals surface area (Å²) in [6.45, 7) is 4.19. The predicted molar refractivity (Wildman–Crippen MR) is 72.3 cm³/mol. The molecule has 0 unspecified atom stereocenters. The average Bonchev–Trinajstić information content (AvgIpc) is 2.20. The van der Waals surface area contributed by atoms with E-state index in [0.29, 0.717) is 11.5 Å². The fourth-order valence-corrected chi connectivity index (χ4v) is 2.21.